The molecule has 0 heterocycles. The Balaban J connectivity index is 4.10. The minimum absolute atomic E-state index is 0.365. The smallest absolute Gasteiger partial charge is 0.195 e. The van der Waals surface area contributed by atoms with Crippen molar-refractivity contribution in [1.82, 2.24) is 0 Å². The molecule has 0 spiro atoms. The highest BCUT2D eigenvalue weighted by Gasteiger charge is 2.11. The first-order chi connectivity index (χ1) is 2.94. The molecule has 0 N–H and O–H groups in total. The lowest BCUT2D eigenvalue weighted by Crippen LogP contribution is -2.10. The second kappa shape index (κ2) is 1.91. The van der Waals surface area contributed by atoms with Gasteiger partial charge in [0.1, 0.15) is 0 Å². The van der Waals surface area contributed by atoms with Gasteiger partial charge in [0, 0.05) is 10.2 Å². The molecule has 0 rings (SSSR count). The van der Waals surface area contributed by atoms with Crippen LogP contribution in [0.5, 0.6) is 0 Å². The number of hydrogen-bond donors (Lipinski definition) is 0. The average Bonchev–Trinajstić information content (AvgIpc) is 1.31. The molecule has 0 amide bonds. The molecule has 0 radical (unpaired) electrons. The molecule has 0 saturated carbocycles. The Morgan fingerprint density at radius 1 is 1.71 bits per heavy atom. The molecule has 1 atom stereocenters. The predicted octanol–water partition coefficient (Wildman–Crippen LogP) is -1.00. The fraction of sp³-hybridized carbons (Fsp3) is 1.00. The quantitative estimate of drug-likeness (QED) is 0.347. The van der Waals surface area contributed by atoms with Crippen LogP contribution in [-0.4, -0.2) is 23.5 Å². The van der Waals surface area contributed by atoms with Crippen LogP contribution in [0.15, 0.2) is 0 Å². The molecule has 0 aromatic heterocycles. The van der Waals surface area contributed by atoms with Gasteiger partial charge in [-0.15, -0.1) is 3.89 Å². The summed E-state index contributed by atoms with van der Waals surface area (Å²) in [5.41, 5.74) is 0. The molecule has 0 saturated heterocycles. The molecule has 2 nitrogen and oxygen atoms in total. The van der Waals surface area contributed by atoms with Crippen LogP contribution in [-0.2, 0) is 10.2 Å². The van der Waals surface area contributed by atoms with Crippen LogP contribution < -0.4 is 0 Å². The third kappa shape index (κ3) is 2.75. The van der Waals surface area contributed by atoms with Crippen molar-refractivity contribution < 1.29 is 12.3 Å². The largest absolute Gasteiger partial charge is 0.301 e. The van der Waals surface area contributed by atoms with Crippen LogP contribution in [0.3, 0.4) is 0 Å². The Morgan fingerprint density at radius 3 is 1.86 bits per heavy atom. The molecule has 0 aliphatic rings. The second-order valence-electron chi connectivity index (χ2n) is 1.52. The zero-order valence-corrected chi connectivity index (χ0v) is 7.00. The van der Waals surface area contributed by atoms with E-state index in [1.807, 2.05) is 0 Å². The maximum absolute atomic E-state index is 11.5. The summed E-state index contributed by atoms with van der Waals surface area (Å²) in [4.78, 5) is -0.757. The standard InChI is InChI=1S/C2H7FO2SSi/c1-2(7)6(3,4)5/h2H,1,7H3. The molecule has 7 heavy (non-hydrogen) atoms. The van der Waals surface area contributed by atoms with Gasteiger partial charge < -0.3 is 0 Å². The van der Waals surface area contributed by atoms with Crippen LogP contribution in [0.1, 0.15) is 6.92 Å². The molecule has 0 fully saturated rings. The van der Waals surface area contributed by atoms with Crippen molar-refractivity contribution in [2.24, 2.45) is 0 Å². The highest BCUT2D eigenvalue weighted by molar-refractivity contribution is 7.88. The van der Waals surface area contributed by atoms with Crippen molar-refractivity contribution in [2.75, 3.05) is 0 Å². The lowest BCUT2D eigenvalue weighted by molar-refractivity contribution is 0.550. The van der Waals surface area contributed by atoms with Gasteiger partial charge in [0.25, 0.3) is 0 Å². The summed E-state index contributed by atoms with van der Waals surface area (Å²) in [7, 11) is -3.81. The Hall–Kier alpha value is 0.0969. The molecule has 0 aliphatic heterocycles. The molecule has 0 aromatic rings. The molecule has 5 heteroatoms. The fourth-order valence-electron chi connectivity index (χ4n) is 0. The zero-order chi connectivity index (χ0) is 6.08. The maximum Gasteiger partial charge on any atom is 0.301 e. The summed E-state index contributed by atoms with van der Waals surface area (Å²) in [6.45, 7) is 1.35. The van der Waals surface area contributed by atoms with E-state index in [-0.39, 0.29) is 0 Å². The van der Waals surface area contributed by atoms with E-state index < -0.39 is 15.1 Å². The molecular weight excluding hydrogens is 135 g/mol. The Kier molecular flexibility index (Phi) is 1.94. The summed E-state index contributed by atoms with van der Waals surface area (Å²) in [6.07, 6.45) is 0. The first kappa shape index (κ1) is 7.10. The SMILES string of the molecule is CC([SiH3])S(=O)(=O)F. The van der Waals surface area contributed by atoms with Crippen LogP contribution >= 0.6 is 0 Å². The van der Waals surface area contributed by atoms with Crippen LogP contribution in [0, 0.1) is 0 Å². The average molecular weight is 142 g/mol. The molecular formula is C2H7FO2SSi. The van der Waals surface area contributed by atoms with Crippen molar-refractivity contribution in [3.8, 4) is 0 Å². The third-order valence-electron chi connectivity index (χ3n) is 0.563. The van der Waals surface area contributed by atoms with E-state index in [9.17, 15) is 12.3 Å². The number of rotatable bonds is 1. The molecule has 44 valence electrons. The first-order valence-corrected chi connectivity index (χ1v) is 4.48. The summed E-state index contributed by atoms with van der Waals surface area (Å²) in [6, 6.07) is 0. The van der Waals surface area contributed by atoms with Gasteiger partial charge >= 0.3 is 10.2 Å². The normalized spacial score (nSPS) is 16.9. The summed E-state index contributed by atoms with van der Waals surface area (Å²) in [5.74, 6) is 0. The van der Waals surface area contributed by atoms with Crippen molar-refractivity contribution in [3.05, 3.63) is 0 Å². The predicted molar refractivity (Wildman–Crippen MR) is 29.4 cm³/mol. The number of hydrogen-bond acceptors (Lipinski definition) is 2. The van der Waals surface area contributed by atoms with Gasteiger partial charge in [-0.1, -0.05) is 0 Å². The molecule has 0 bridgehead atoms. The highest BCUT2D eigenvalue weighted by atomic mass is 32.3. The van der Waals surface area contributed by atoms with Crippen molar-refractivity contribution >= 4 is 20.5 Å². The molecule has 1 unspecified atom stereocenters. The highest BCUT2D eigenvalue weighted by Crippen LogP contribution is 1.95. The van der Waals surface area contributed by atoms with E-state index in [4.69, 9.17) is 0 Å². The summed E-state index contributed by atoms with van der Waals surface area (Å²) < 4.78 is 30.9. The first-order valence-electron chi connectivity index (χ1n) is 1.88. The van der Waals surface area contributed by atoms with Gasteiger partial charge in [0.2, 0.25) is 0 Å². The maximum atomic E-state index is 11.5. The topological polar surface area (TPSA) is 34.1 Å². The minimum Gasteiger partial charge on any atom is -0.195 e. The monoisotopic (exact) mass is 142 g/mol. The number of halogens is 1. The van der Waals surface area contributed by atoms with E-state index in [1.54, 1.807) is 0 Å². The van der Waals surface area contributed by atoms with Gasteiger partial charge in [0.05, 0.1) is 4.87 Å². The van der Waals surface area contributed by atoms with Gasteiger partial charge in [-0.05, 0) is 6.92 Å². The lowest BCUT2D eigenvalue weighted by atomic mass is 11.0. The fourth-order valence-corrected chi connectivity index (χ4v) is 0. The van der Waals surface area contributed by atoms with E-state index in [0.29, 0.717) is 10.2 Å². The van der Waals surface area contributed by atoms with Crippen molar-refractivity contribution in [1.29, 1.82) is 0 Å². The Morgan fingerprint density at radius 2 is 1.86 bits per heavy atom. The molecule has 0 aliphatic carbocycles. The van der Waals surface area contributed by atoms with E-state index in [2.05, 4.69) is 0 Å². The van der Waals surface area contributed by atoms with Crippen LogP contribution in [0.4, 0.5) is 3.89 Å². The van der Waals surface area contributed by atoms with Gasteiger partial charge in [0.15, 0.2) is 0 Å². The van der Waals surface area contributed by atoms with E-state index >= 15 is 0 Å². The van der Waals surface area contributed by atoms with Crippen molar-refractivity contribution in [2.45, 2.75) is 11.8 Å². The van der Waals surface area contributed by atoms with E-state index in [1.165, 1.54) is 6.92 Å². The second-order valence-corrected chi connectivity index (χ2v) is 5.99. The third-order valence-corrected chi connectivity index (χ3v) is 3.38. The minimum atomic E-state index is -4.18. The van der Waals surface area contributed by atoms with Gasteiger partial charge in [-0.25, -0.2) is 0 Å². The lowest BCUT2D eigenvalue weighted by Gasteiger charge is -1.91. The summed E-state index contributed by atoms with van der Waals surface area (Å²) >= 11 is 0. The van der Waals surface area contributed by atoms with Crippen LogP contribution in [0.2, 0.25) is 0 Å². The van der Waals surface area contributed by atoms with Crippen molar-refractivity contribution in [3.63, 3.8) is 0 Å². The van der Waals surface area contributed by atoms with E-state index in [0.717, 1.165) is 0 Å². The van der Waals surface area contributed by atoms with Crippen LogP contribution in [0.25, 0.3) is 0 Å². The zero-order valence-electron chi connectivity index (χ0n) is 4.18. The van der Waals surface area contributed by atoms with Gasteiger partial charge in [-0.3, -0.25) is 0 Å². The summed E-state index contributed by atoms with van der Waals surface area (Å²) in [5, 5.41) is 0. The molecule has 0 aromatic carbocycles. The van der Waals surface area contributed by atoms with Gasteiger partial charge in [-0.2, -0.15) is 8.42 Å². The Bertz CT molecular complexity index is 138. The Labute approximate surface area is 45.4 Å².